The van der Waals surface area contributed by atoms with Gasteiger partial charge < -0.3 is 10.5 Å². The van der Waals surface area contributed by atoms with Gasteiger partial charge in [-0.25, -0.2) is 9.52 Å². The molecule has 8 heteroatoms. The van der Waals surface area contributed by atoms with Gasteiger partial charge in [-0.3, -0.25) is 4.31 Å². The summed E-state index contributed by atoms with van der Waals surface area (Å²) in [5.74, 6) is 0. The zero-order valence-corrected chi connectivity index (χ0v) is 10.9. The first-order valence-electron chi connectivity index (χ1n) is 5.15. The van der Waals surface area contributed by atoms with E-state index in [1.807, 2.05) is 0 Å². The minimum Gasteiger partial charge on any atom is -0.449 e. The number of nitrogen functional groups attached to an aromatic ring is 1. The lowest BCUT2D eigenvalue weighted by molar-refractivity contribution is 0.158. The summed E-state index contributed by atoms with van der Waals surface area (Å²) in [5, 5.41) is 0. The predicted octanol–water partition coefficient (Wildman–Crippen LogP) is 0.696. The molecule has 0 saturated heterocycles. The van der Waals surface area contributed by atoms with E-state index in [1.54, 1.807) is 23.8 Å². The Labute approximate surface area is 106 Å². The zero-order chi connectivity index (χ0) is 13.8. The molecule has 0 fully saturated rings. The van der Waals surface area contributed by atoms with Crippen molar-refractivity contribution in [3.05, 3.63) is 24.3 Å². The Bertz CT molecular complexity index is 512. The second-order valence-electron chi connectivity index (χ2n) is 3.39. The van der Waals surface area contributed by atoms with Crippen LogP contribution in [0, 0.1) is 0 Å². The number of carbonyl (C=O) groups is 1. The van der Waals surface area contributed by atoms with Crippen LogP contribution in [0.25, 0.3) is 0 Å². The summed E-state index contributed by atoms with van der Waals surface area (Å²) in [4.78, 5) is 11.1. The average Bonchev–Trinajstić information content (AvgIpc) is 2.28. The monoisotopic (exact) mass is 273 g/mol. The van der Waals surface area contributed by atoms with Crippen molar-refractivity contribution in [2.45, 2.75) is 6.92 Å². The summed E-state index contributed by atoms with van der Waals surface area (Å²) < 4.78 is 30.8. The maximum Gasteiger partial charge on any atom is 0.422 e. The van der Waals surface area contributed by atoms with Gasteiger partial charge in [0.25, 0.3) is 0 Å². The molecule has 100 valence electrons. The number of nitrogens with zero attached hydrogens (tertiary/aromatic N) is 1. The van der Waals surface area contributed by atoms with E-state index in [-0.39, 0.29) is 6.61 Å². The lowest BCUT2D eigenvalue weighted by Crippen LogP contribution is -2.41. The summed E-state index contributed by atoms with van der Waals surface area (Å²) in [7, 11) is -2.67. The van der Waals surface area contributed by atoms with Crippen molar-refractivity contribution < 1.29 is 17.9 Å². The highest BCUT2D eigenvalue weighted by atomic mass is 32.2. The molecular weight excluding hydrogens is 258 g/mol. The van der Waals surface area contributed by atoms with Crippen LogP contribution < -0.4 is 14.8 Å². The summed E-state index contributed by atoms with van der Waals surface area (Å²) in [6.45, 7) is 1.67. The van der Waals surface area contributed by atoms with Gasteiger partial charge in [-0.05, 0) is 31.2 Å². The van der Waals surface area contributed by atoms with E-state index >= 15 is 0 Å². The van der Waals surface area contributed by atoms with Gasteiger partial charge >= 0.3 is 16.3 Å². The highest BCUT2D eigenvalue weighted by Gasteiger charge is 2.21. The molecule has 0 saturated carbocycles. The van der Waals surface area contributed by atoms with Crippen LogP contribution in [0.3, 0.4) is 0 Å². The molecule has 18 heavy (non-hydrogen) atoms. The van der Waals surface area contributed by atoms with Crippen LogP contribution in [0.2, 0.25) is 0 Å². The fourth-order valence-electron chi connectivity index (χ4n) is 1.16. The molecule has 0 bridgehead atoms. The second kappa shape index (κ2) is 5.58. The predicted molar refractivity (Wildman–Crippen MR) is 68.3 cm³/mol. The first-order valence-corrected chi connectivity index (χ1v) is 6.59. The SMILES string of the molecule is CCOC(=O)NS(=O)(=O)N(C)c1ccc(N)cc1. The first kappa shape index (κ1) is 14.1. The van der Waals surface area contributed by atoms with Gasteiger partial charge in [-0.1, -0.05) is 0 Å². The topological polar surface area (TPSA) is 102 Å². The number of carbonyl (C=O) groups excluding carboxylic acids is 1. The molecule has 1 rings (SSSR count). The molecule has 3 N–H and O–H groups in total. The molecule has 1 amide bonds. The third-order valence-corrected chi connectivity index (χ3v) is 3.46. The highest BCUT2D eigenvalue weighted by Crippen LogP contribution is 2.16. The molecule has 0 spiro atoms. The van der Waals surface area contributed by atoms with Gasteiger partial charge in [0, 0.05) is 12.7 Å². The minimum absolute atomic E-state index is 0.0902. The van der Waals surface area contributed by atoms with Gasteiger partial charge in [-0.2, -0.15) is 8.42 Å². The Hall–Kier alpha value is -1.96. The van der Waals surface area contributed by atoms with Crippen LogP contribution in [0.1, 0.15) is 6.92 Å². The number of nitrogens with one attached hydrogen (secondary N) is 1. The zero-order valence-electron chi connectivity index (χ0n) is 10.1. The van der Waals surface area contributed by atoms with Crippen molar-refractivity contribution in [2.75, 3.05) is 23.7 Å². The summed E-state index contributed by atoms with van der Waals surface area (Å²) in [6.07, 6.45) is -1.01. The van der Waals surface area contributed by atoms with Crippen LogP contribution in [-0.2, 0) is 14.9 Å². The summed E-state index contributed by atoms with van der Waals surface area (Å²) in [6, 6.07) is 6.18. The van der Waals surface area contributed by atoms with Gasteiger partial charge in [0.15, 0.2) is 0 Å². The van der Waals surface area contributed by atoms with Crippen molar-refractivity contribution in [1.82, 2.24) is 4.72 Å². The third-order valence-electron chi connectivity index (χ3n) is 2.10. The maximum absolute atomic E-state index is 11.8. The number of ether oxygens (including phenoxy) is 1. The molecule has 0 heterocycles. The van der Waals surface area contributed by atoms with Crippen LogP contribution in [-0.4, -0.2) is 28.2 Å². The van der Waals surface area contributed by atoms with E-state index in [0.29, 0.717) is 11.4 Å². The van der Waals surface area contributed by atoms with E-state index < -0.39 is 16.3 Å². The average molecular weight is 273 g/mol. The number of rotatable bonds is 4. The fraction of sp³-hybridized carbons (Fsp3) is 0.300. The first-order chi connectivity index (χ1) is 8.36. The Morgan fingerprint density at radius 1 is 1.39 bits per heavy atom. The van der Waals surface area contributed by atoms with Crippen molar-refractivity contribution in [2.24, 2.45) is 0 Å². The van der Waals surface area contributed by atoms with Crippen molar-refractivity contribution >= 4 is 27.7 Å². The van der Waals surface area contributed by atoms with Crippen molar-refractivity contribution in [1.29, 1.82) is 0 Å². The number of amides is 1. The smallest absolute Gasteiger partial charge is 0.422 e. The van der Waals surface area contributed by atoms with Gasteiger partial charge in [0.1, 0.15) is 0 Å². The standard InChI is InChI=1S/C10H15N3O4S/c1-3-17-10(14)12-18(15,16)13(2)9-6-4-8(11)5-7-9/h4-7H,3,11H2,1-2H3,(H,12,14). The third kappa shape index (κ3) is 3.52. The van der Waals surface area contributed by atoms with Gasteiger partial charge in [-0.15, -0.1) is 0 Å². The minimum atomic E-state index is -3.98. The number of hydrogen-bond acceptors (Lipinski definition) is 5. The molecule has 0 aromatic heterocycles. The largest absolute Gasteiger partial charge is 0.449 e. The number of anilines is 2. The number of benzene rings is 1. The van der Waals surface area contributed by atoms with E-state index in [2.05, 4.69) is 4.74 Å². The van der Waals surface area contributed by atoms with Crippen molar-refractivity contribution in [3.8, 4) is 0 Å². The Morgan fingerprint density at radius 3 is 2.44 bits per heavy atom. The van der Waals surface area contributed by atoms with E-state index in [4.69, 9.17) is 5.73 Å². The molecule has 7 nitrogen and oxygen atoms in total. The fourth-order valence-corrected chi connectivity index (χ4v) is 1.96. The molecule has 0 unspecified atom stereocenters. The maximum atomic E-state index is 11.8. The van der Waals surface area contributed by atoms with Crippen LogP contribution >= 0.6 is 0 Å². The molecule has 0 aliphatic rings. The van der Waals surface area contributed by atoms with Crippen LogP contribution in [0.15, 0.2) is 24.3 Å². The van der Waals surface area contributed by atoms with Gasteiger partial charge in [0.05, 0.1) is 12.3 Å². The molecule has 1 aromatic rings. The lowest BCUT2D eigenvalue weighted by Gasteiger charge is -2.19. The number of hydrogen-bond donors (Lipinski definition) is 2. The molecule has 0 atom stereocenters. The Morgan fingerprint density at radius 2 is 1.94 bits per heavy atom. The Kier molecular flexibility index (Phi) is 4.38. The number of nitrogens with two attached hydrogens (primary N) is 1. The highest BCUT2D eigenvalue weighted by molar-refractivity contribution is 7.91. The lowest BCUT2D eigenvalue weighted by atomic mass is 10.3. The Balaban J connectivity index is 2.85. The van der Waals surface area contributed by atoms with Crippen LogP contribution in [0.5, 0.6) is 0 Å². The molecule has 1 aromatic carbocycles. The quantitative estimate of drug-likeness (QED) is 0.786. The van der Waals surface area contributed by atoms with Crippen LogP contribution in [0.4, 0.5) is 16.2 Å². The van der Waals surface area contributed by atoms with E-state index in [1.165, 1.54) is 19.2 Å². The molecule has 0 aliphatic carbocycles. The molecule has 0 aliphatic heterocycles. The van der Waals surface area contributed by atoms with E-state index in [0.717, 1.165) is 4.31 Å². The normalized spacial score (nSPS) is 10.8. The van der Waals surface area contributed by atoms with Gasteiger partial charge in [0.2, 0.25) is 0 Å². The summed E-state index contributed by atoms with van der Waals surface area (Å²) >= 11 is 0. The second-order valence-corrected chi connectivity index (χ2v) is 5.09. The summed E-state index contributed by atoms with van der Waals surface area (Å²) in [5.41, 5.74) is 6.39. The molecule has 0 radical (unpaired) electrons. The van der Waals surface area contributed by atoms with E-state index in [9.17, 15) is 13.2 Å². The van der Waals surface area contributed by atoms with Crippen molar-refractivity contribution in [3.63, 3.8) is 0 Å². The molecular formula is C10H15N3O4S.